The molecule has 0 saturated heterocycles. The summed E-state index contributed by atoms with van der Waals surface area (Å²) in [6.07, 6.45) is 1.13. The second-order valence-corrected chi connectivity index (χ2v) is 12.5. The average Bonchev–Trinajstić information content (AvgIpc) is 3.21. The number of alkyl carbamates (subject to hydrolysis) is 1. The molecule has 39 heavy (non-hydrogen) atoms. The Balaban J connectivity index is 0.000000532. The zero-order valence-electron chi connectivity index (χ0n) is 21.6. The Hall–Kier alpha value is -3.18. The smallest absolute Gasteiger partial charge is 0.407 e. The van der Waals surface area contributed by atoms with Gasteiger partial charge in [0.1, 0.15) is 13.2 Å². The van der Waals surface area contributed by atoms with Crippen molar-refractivity contribution in [2.45, 2.75) is 31.4 Å². The Labute approximate surface area is 232 Å². The van der Waals surface area contributed by atoms with E-state index < -0.39 is 47.6 Å². The Morgan fingerprint density at radius 1 is 0.897 bits per heavy atom. The zero-order chi connectivity index (χ0) is 28.7. The van der Waals surface area contributed by atoms with Crippen LogP contribution in [-0.2, 0) is 9.53 Å². The molecule has 208 valence electrons. The summed E-state index contributed by atoms with van der Waals surface area (Å²) in [5, 5.41) is 2.07. The predicted molar refractivity (Wildman–Crippen MR) is 146 cm³/mol. The molecule has 0 aliphatic heterocycles. The van der Waals surface area contributed by atoms with Crippen molar-refractivity contribution in [3.05, 3.63) is 89.0 Å². The molecule has 0 saturated carbocycles. The van der Waals surface area contributed by atoms with Crippen LogP contribution < -0.4 is 10.1 Å². The predicted octanol–water partition coefficient (Wildman–Crippen LogP) is 7.48. The summed E-state index contributed by atoms with van der Waals surface area (Å²) in [4.78, 5) is 23.8. The maximum absolute atomic E-state index is 13.6. The number of nitrogens with one attached hydrogen (secondary N) is 1. The second kappa shape index (κ2) is 13.3. The van der Waals surface area contributed by atoms with Crippen molar-refractivity contribution in [1.82, 2.24) is 5.32 Å². The third-order valence-electron chi connectivity index (χ3n) is 5.34. The third kappa shape index (κ3) is 7.92. The molecule has 0 bridgehead atoms. The highest BCUT2D eigenvalue weighted by Crippen LogP contribution is 2.44. The van der Waals surface area contributed by atoms with Gasteiger partial charge in [0.05, 0.1) is 0 Å². The number of rotatable bonds is 6. The number of ether oxygens (including phenoxy) is 2. The lowest BCUT2D eigenvalue weighted by molar-refractivity contribution is -0.133. The summed E-state index contributed by atoms with van der Waals surface area (Å²) in [6, 6.07) is 15.4. The third-order valence-corrected chi connectivity index (χ3v) is 8.01. The lowest BCUT2D eigenvalue weighted by atomic mass is 9.98. The first-order valence-electron chi connectivity index (χ1n) is 11.8. The molecular formula is C28H27F4NO4S2. The fourth-order valence-corrected chi connectivity index (χ4v) is 5.83. The van der Waals surface area contributed by atoms with E-state index in [1.807, 2.05) is 70.1 Å². The molecule has 4 rings (SSSR count). The second-order valence-electron chi connectivity index (χ2n) is 9.31. The molecular weight excluding hydrogens is 554 g/mol. The van der Waals surface area contributed by atoms with Crippen LogP contribution in [0.4, 0.5) is 22.4 Å². The molecule has 3 aromatic rings. The first-order chi connectivity index (χ1) is 18.4. The van der Waals surface area contributed by atoms with Gasteiger partial charge >= 0.3 is 12.1 Å². The van der Waals surface area contributed by atoms with Crippen molar-refractivity contribution in [3.8, 4) is 16.9 Å². The van der Waals surface area contributed by atoms with Crippen LogP contribution in [0.2, 0.25) is 0 Å². The van der Waals surface area contributed by atoms with Crippen LogP contribution in [0.1, 0.15) is 37.8 Å². The number of esters is 1. The molecule has 5 nitrogen and oxygen atoms in total. The van der Waals surface area contributed by atoms with Gasteiger partial charge in [-0.25, -0.2) is 18.4 Å². The normalized spacial score (nSPS) is 12.1. The van der Waals surface area contributed by atoms with Crippen LogP contribution in [0.25, 0.3) is 11.1 Å². The molecule has 0 radical (unpaired) electrons. The first-order valence-corrected chi connectivity index (χ1v) is 14.3. The van der Waals surface area contributed by atoms with Crippen molar-refractivity contribution in [2.24, 2.45) is 0 Å². The topological polar surface area (TPSA) is 64.6 Å². The van der Waals surface area contributed by atoms with E-state index in [-0.39, 0.29) is 18.6 Å². The highest BCUT2D eigenvalue weighted by atomic mass is 33.1. The maximum Gasteiger partial charge on any atom is 0.407 e. The Bertz CT molecular complexity index is 1280. The molecule has 0 fully saturated rings. The van der Waals surface area contributed by atoms with Gasteiger partial charge in [-0.15, -0.1) is 0 Å². The number of halogens is 4. The monoisotopic (exact) mass is 581 g/mol. The fraction of sp³-hybridized carbons (Fsp3) is 0.286. The largest absolute Gasteiger partial charge is 0.449 e. The number of fused-ring (bicyclic) bond motifs is 3. The van der Waals surface area contributed by atoms with E-state index in [1.54, 1.807) is 0 Å². The van der Waals surface area contributed by atoms with Crippen molar-refractivity contribution in [2.75, 3.05) is 19.4 Å². The number of benzene rings is 3. The number of hydrogen-bond donors (Lipinski definition) is 1. The summed E-state index contributed by atoms with van der Waals surface area (Å²) in [7, 11) is 3.73. The van der Waals surface area contributed by atoms with Crippen molar-refractivity contribution >= 4 is 33.7 Å². The summed E-state index contributed by atoms with van der Waals surface area (Å²) >= 11 is 0. The minimum Gasteiger partial charge on any atom is -0.449 e. The molecule has 0 unspecified atom stereocenters. The highest BCUT2D eigenvalue weighted by Gasteiger charge is 2.29. The number of carbonyl (C=O) groups is 2. The molecule has 1 aliphatic carbocycles. The fourth-order valence-electron chi connectivity index (χ4n) is 3.83. The quantitative estimate of drug-likeness (QED) is 0.107. The zero-order valence-corrected chi connectivity index (χ0v) is 23.3. The average molecular weight is 582 g/mol. The SMILES string of the molecule is CSSC(C)(C)C.O=C(CNC(=O)OCC1c2ccccc2-c2ccccc21)Oc1c(F)c(F)cc(F)c1F. The van der Waals surface area contributed by atoms with Crippen LogP contribution in [0.3, 0.4) is 0 Å². The van der Waals surface area contributed by atoms with E-state index in [1.165, 1.54) is 0 Å². The molecule has 11 heteroatoms. The molecule has 1 N–H and O–H groups in total. The Kier molecular flexibility index (Phi) is 10.3. The lowest BCUT2D eigenvalue weighted by Gasteiger charge is -2.14. The highest BCUT2D eigenvalue weighted by molar-refractivity contribution is 8.76. The molecule has 3 aromatic carbocycles. The van der Waals surface area contributed by atoms with Gasteiger partial charge < -0.3 is 14.8 Å². The number of amides is 1. The van der Waals surface area contributed by atoms with E-state index in [0.29, 0.717) is 4.75 Å². The summed E-state index contributed by atoms with van der Waals surface area (Å²) < 4.78 is 63.4. The maximum atomic E-state index is 13.6. The molecule has 0 atom stereocenters. The van der Waals surface area contributed by atoms with E-state index in [0.717, 1.165) is 22.3 Å². The van der Waals surface area contributed by atoms with E-state index in [4.69, 9.17) is 4.74 Å². The Morgan fingerprint density at radius 3 is 1.87 bits per heavy atom. The summed E-state index contributed by atoms with van der Waals surface area (Å²) in [5.41, 5.74) is 4.04. The summed E-state index contributed by atoms with van der Waals surface area (Å²) in [6.45, 7) is 5.79. The van der Waals surface area contributed by atoms with Gasteiger partial charge in [0.2, 0.25) is 17.4 Å². The molecule has 0 heterocycles. The number of hydrogen-bond acceptors (Lipinski definition) is 6. The van der Waals surface area contributed by atoms with Gasteiger partial charge in [0, 0.05) is 16.7 Å². The van der Waals surface area contributed by atoms with Gasteiger partial charge in [-0.2, -0.15) is 8.78 Å². The van der Waals surface area contributed by atoms with Crippen molar-refractivity contribution < 1.29 is 36.6 Å². The number of carbonyl (C=O) groups excluding carboxylic acids is 2. The van der Waals surface area contributed by atoms with Gasteiger partial charge in [-0.05, 0) is 28.5 Å². The van der Waals surface area contributed by atoms with E-state index in [9.17, 15) is 27.2 Å². The Morgan fingerprint density at radius 2 is 1.41 bits per heavy atom. The minimum atomic E-state index is -1.86. The minimum absolute atomic E-state index is 0.0169. The van der Waals surface area contributed by atoms with Crippen LogP contribution in [0.5, 0.6) is 5.75 Å². The van der Waals surface area contributed by atoms with Crippen LogP contribution in [0.15, 0.2) is 54.6 Å². The first kappa shape index (κ1) is 30.4. The van der Waals surface area contributed by atoms with E-state index in [2.05, 4.69) is 37.1 Å². The van der Waals surface area contributed by atoms with E-state index >= 15 is 0 Å². The van der Waals surface area contributed by atoms with Crippen LogP contribution in [0, 0.1) is 23.3 Å². The van der Waals surface area contributed by atoms with Crippen molar-refractivity contribution in [1.29, 1.82) is 0 Å². The van der Waals surface area contributed by atoms with Gasteiger partial charge in [0.25, 0.3) is 0 Å². The summed E-state index contributed by atoms with van der Waals surface area (Å²) in [5.74, 6) is -10.3. The van der Waals surface area contributed by atoms with Gasteiger partial charge in [0.15, 0.2) is 11.6 Å². The van der Waals surface area contributed by atoms with Crippen molar-refractivity contribution in [3.63, 3.8) is 0 Å². The molecule has 0 aromatic heterocycles. The lowest BCUT2D eigenvalue weighted by Crippen LogP contribution is -2.33. The van der Waals surface area contributed by atoms with Gasteiger partial charge in [-0.1, -0.05) is 90.9 Å². The molecule has 0 spiro atoms. The van der Waals surface area contributed by atoms with Crippen LogP contribution >= 0.6 is 21.6 Å². The molecule has 1 amide bonds. The van der Waals surface area contributed by atoms with Gasteiger partial charge in [-0.3, -0.25) is 0 Å². The molecule has 1 aliphatic rings. The standard InChI is InChI=1S/C23H15F4NO4.C5H12S2/c24-17-9-18(25)21(27)22(20(17)26)32-19(29)10-28-23(30)31-11-16-14-7-3-1-5-12(14)13-6-2-4-8-15(13)16;1-5(2,3)7-6-4/h1-9,16H,10-11H2,(H,28,30);1-4H3. The van der Waals surface area contributed by atoms with Crippen LogP contribution in [-0.4, -0.2) is 36.2 Å².